The van der Waals surface area contributed by atoms with Gasteiger partial charge >= 0.3 is 0 Å². The molecule has 0 amide bonds. The maximum absolute atomic E-state index is 5.71. The number of nitrogens with zero attached hydrogens (tertiary/aromatic N) is 1. The third kappa shape index (κ3) is 2.76. The molecule has 0 saturated heterocycles. The summed E-state index contributed by atoms with van der Waals surface area (Å²) >= 11 is 1.66. The van der Waals surface area contributed by atoms with Gasteiger partial charge in [-0.2, -0.15) is 0 Å². The van der Waals surface area contributed by atoms with E-state index in [1.54, 1.807) is 11.3 Å². The first kappa shape index (κ1) is 11.0. The van der Waals surface area contributed by atoms with Crippen molar-refractivity contribution < 1.29 is 4.74 Å². The van der Waals surface area contributed by atoms with E-state index in [1.165, 1.54) is 10.6 Å². The topological polar surface area (TPSA) is 12.5 Å². The Labute approximate surface area is 100 Å². The van der Waals surface area contributed by atoms with Crippen LogP contribution in [-0.2, 0) is 6.61 Å². The lowest BCUT2D eigenvalue weighted by Gasteiger charge is -2.07. The third-order valence-corrected chi connectivity index (χ3v) is 3.40. The number of thiophene rings is 1. The molecule has 0 spiro atoms. The van der Waals surface area contributed by atoms with Gasteiger partial charge in [0.1, 0.15) is 6.61 Å². The fourth-order valence-electron chi connectivity index (χ4n) is 1.36. The van der Waals surface area contributed by atoms with E-state index in [9.17, 15) is 0 Å². The van der Waals surface area contributed by atoms with Crippen LogP contribution in [0.1, 0.15) is 5.56 Å². The Kier molecular flexibility index (Phi) is 3.47. The second-order valence-corrected chi connectivity index (χ2v) is 4.79. The van der Waals surface area contributed by atoms with E-state index in [0.29, 0.717) is 6.61 Å². The Morgan fingerprint density at radius 2 is 1.81 bits per heavy atom. The smallest absolute Gasteiger partial charge is 0.176 e. The largest absolute Gasteiger partial charge is 0.479 e. The van der Waals surface area contributed by atoms with Gasteiger partial charge in [-0.05, 0) is 17.7 Å². The molecule has 0 bridgehead atoms. The van der Waals surface area contributed by atoms with Crippen LogP contribution in [0.4, 0.5) is 5.00 Å². The number of anilines is 1. The van der Waals surface area contributed by atoms with Crippen molar-refractivity contribution in [1.82, 2.24) is 0 Å². The van der Waals surface area contributed by atoms with Gasteiger partial charge in [-0.15, -0.1) is 0 Å². The zero-order valence-electron chi connectivity index (χ0n) is 9.51. The number of benzene rings is 1. The molecule has 0 unspecified atom stereocenters. The summed E-state index contributed by atoms with van der Waals surface area (Å²) < 4.78 is 5.71. The first-order chi connectivity index (χ1) is 7.75. The summed E-state index contributed by atoms with van der Waals surface area (Å²) in [5, 5.41) is 2.18. The second-order valence-electron chi connectivity index (χ2n) is 3.76. The van der Waals surface area contributed by atoms with Crippen LogP contribution in [0.5, 0.6) is 5.06 Å². The molecule has 0 aliphatic heterocycles. The molecule has 2 rings (SSSR count). The van der Waals surface area contributed by atoms with Crippen LogP contribution >= 0.6 is 11.3 Å². The molecule has 16 heavy (non-hydrogen) atoms. The Balaban J connectivity index is 1.95. The van der Waals surface area contributed by atoms with Crippen molar-refractivity contribution in [2.45, 2.75) is 6.61 Å². The van der Waals surface area contributed by atoms with Gasteiger partial charge < -0.3 is 9.64 Å². The van der Waals surface area contributed by atoms with E-state index in [-0.39, 0.29) is 0 Å². The van der Waals surface area contributed by atoms with Crippen LogP contribution in [0.2, 0.25) is 0 Å². The molecule has 1 heterocycles. The molecule has 0 atom stereocenters. The van der Waals surface area contributed by atoms with Crippen molar-refractivity contribution in [3.05, 3.63) is 48.0 Å². The van der Waals surface area contributed by atoms with Gasteiger partial charge in [-0.25, -0.2) is 0 Å². The normalized spacial score (nSPS) is 10.1. The minimum atomic E-state index is 0.633. The van der Waals surface area contributed by atoms with Crippen LogP contribution in [-0.4, -0.2) is 14.1 Å². The van der Waals surface area contributed by atoms with Crippen molar-refractivity contribution >= 4 is 16.3 Å². The molecule has 84 valence electrons. The zero-order valence-corrected chi connectivity index (χ0v) is 10.3. The van der Waals surface area contributed by atoms with Gasteiger partial charge in [0.15, 0.2) is 5.06 Å². The number of rotatable bonds is 4. The molecule has 0 fully saturated rings. The van der Waals surface area contributed by atoms with E-state index in [2.05, 4.69) is 23.1 Å². The predicted molar refractivity (Wildman–Crippen MR) is 69.4 cm³/mol. The Morgan fingerprint density at radius 3 is 2.44 bits per heavy atom. The highest BCUT2D eigenvalue weighted by atomic mass is 32.1. The minimum Gasteiger partial charge on any atom is -0.479 e. The molecule has 1 aromatic carbocycles. The van der Waals surface area contributed by atoms with Crippen LogP contribution in [0.15, 0.2) is 42.5 Å². The SMILES string of the molecule is CN(C)c1ccc(OCc2ccccc2)s1. The molecule has 1 aromatic heterocycles. The van der Waals surface area contributed by atoms with Crippen molar-refractivity contribution in [3.63, 3.8) is 0 Å². The lowest BCUT2D eigenvalue weighted by molar-refractivity contribution is 0.315. The van der Waals surface area contributed by atoms with Gasteiger partial charge in [-0.3, -0.25) is 0 Å². The summed E-state index contributed by atoms with van der Waals surface area (Å²) in [6.07, 6.45) is 0. The second kappa shape index (κ2) is 5.03. The lowest BCUT2D eigenvalue weighted by Crippen LogP contribution is -2.05. The highest BCUT2D eigenvalue weighted by Gasteiger charge is 2.02. The van der Waals surface area contributed by atoms with Crippen molar-refractivity contribution in [2.75, 3.05) is 19.0 Å². The molecule has 0 saturated carbocycles. The fraction of sp³-hybridized carbons (Fsp3) is 0.231. The summed E-state index contributed by atoms with van der Waals surface area (Å²) in [7, 11) is 4.07. The Hall–Kier alpha value is -1.48. The van der Waals surface area contributed by atoms with E-state index in [4.69, 9.17) is 4.74 Å². The molecule has 2 nitrogen and oxygen atoms in total. The number of hydrogen-bond donors (Lipinski definition) is 0. The van der Waals surface area contributed by atoms with Crippen LogP contribution in [0.25, 0.3) is 0 Å². The summed E-state index contributed by atoms with van der Waals surface area (Å²) in [5.41, 5.74) is 1.20. The quantitative estimate of drug-likeness (QED) is 0.802. The van der Waals surface area contributed by atoms with E-state index in [0.717, 1.165) is 5.06 Å². The summed E-state index contributed by atoms with van der Waals surface area (Å²) in [6, 6.07) is 14.3. The number of ether oxygens (including phenoxy) is 1. The monoisotopic (exact) mass is 233 g/mol. The molecule has 0 N–H and O–H groups in total. The summed E-state index contributed by atoms with van der Waals surface area (Å²) in [5.74, 6) is 0. The molecular formula is C13H15NOS. The molecule has 2 aromatic rings. The maximum Gasteiger partial charge on any atom is 0.176 e. The first-order valence-corrected chi connectivity index (χ1v) is 6.01. The van der Waals surface area contributed by atoms with E-state index in [1.807, 2.05) is 38.4 Å². The molecule has 0 aliphatic carbocycles. The third-order valence-electron chi connectivity index (χ3n) is 2.23. The molecule has 0 radical (unpaired) electrons. The van der Waals surface area contributed by atoms with Crippen molar-refractivity contribution in [1.29, 1.82) is 0 Å². The van der Waals surface area contributed by atoms with Gasteiger partial charge in [0.05, 0.1) is 5.00 Å². The van der Waals surface area contributed by atoms with Crippen molar-refractivity contribution in [3.8, 4) is 5.06 Å². The predicted octanol–water partition coefficient (Wildman–Crippen LogP) is 3.39. The van der Waals surface area contributed by atoms with Gasteiger partial charge in [0.2, 0.25) is 0 Å². The highest BCUT2D eigenvalue weighted by molar-refractivity contribution is 7.17. The van der Waals surface area contributed by atoms with Crippen LogP contribution in [0, 0.1) is 0 Å². The van der Waals surface area contributed by atoms with E-state index < -0.39 is 0 Å². The minimum absolute atomic E-state index is 0.633. The highest BCUT2D eigenvalue weighted by Crippen LogP contribution is 2.30. The number of hydrogen-bond acceptors (Lipinski definition) is 3. The van der Waals surface area contributed by atoms with Crippen molar-refractivity contribution in [2.24, 2.45) is 0 Å². The molecule has 3 heteroatoms. The lowest BCUT2D eigenvalue weighted by atomic mass is 10.2. The van der Waals surface area contributed by atoms with Gasteiger partial charge in [0.25, 0.3) is 0 Å². The van der Waals surface area contributed by atoms with Gasteiger partial charge in [-0.1, -0.05) is 41.7 Å². The van der Waals surface area contributed by atoms with Crippen LogP contribution in [0.3, 0.4) is 0 Å². The first-order valence-electron chi connectivity index (χ1n) is 5.19. The molecular weight excluding hydrogens is 218 g/mol. The Morgan fingerprint density at radius 1 is 1.06 bits per heavy atom. The molecule has 0 aliphatic rings. The standard InChI is InChI=1S/C13H15NOS/c1-14(2)12-8-9-13(16-12)15-10-11-6-4-3-5-7-11/h3-9H,10H2,1-2H3. The summed E-state index contributed by atoms with van der Waals surface area (Å²) in [6.45, 7) is 0.633. The maximum atomic E-state index is 5.71. The average molecular weight is 233 g/mol. The van der Waals surface area contributed by atoms with Gasteiger partial charge in [0, 0.05) is 14.1 Å². The Bertz CT molecular complexity index is 436. The average Bonchev–Trinajstić information content (AvgIpc) is 2.76. The zero-order chi connectivity index (χ0) is 11.4. The summed E-state index contributed by atoms with van der Waals surface area (Å²) in [4.78, 5) is 2.08. The fourth-order valence-corrected chi connectivity index (χ4v) is 2.14. The van der Waals surface area contributed by atoms with E-state index >= 15 is 0 Å². The van der Waals surface area contributed by atoms with Crippen LogP contribution < -0.4 is 9.64 Å².